The number of halogens is 1. The maximum atomic E-state index is 5.95. The van der Waals surface area contributed by atoms with Gasteiger partial charge < -0.3 is 5.32 Å². The Labute approximate surface area is 132 Å². The van der Waals surface area contributed by atoms with E-state index in [9.17, 15) is 0 Å². The number of nitrogens with one attached hydrogen (secondary N) is 1. The molecule has 1 atom stereocenters. The SMILES string of the molecule is CCc1nn(Cc2ccc(Cl)cc2)c(CC)c1C(C)NC. The van der Waals surface area contributed by atoms with E-state index in [-0.39, 0.29) is 0 Å². The highest BCUT2D eigenvalue weighted by Gasteiger charge is 2.19. The first-order valence-electron chi connectivity index (χ1n) is 7.60. The van der Waals surface area contributed by atoms with Crippen molar-refractivity contribution in [3.05, 3.63) is 51.8 Å². The van der Waals surface area contributed by atoms with Gasteiger partial charge in [0.25, 0.3) is 0 Å². The summed E-state index contributed by atoms with van der Waals surface area (Å²) in [6, 6.07) is 8.33. The fourth-order valence-electron chi connectivity index (χ4n) is 2.74. The quantitative estimate of drug-likeness (QED) is 0.874. The first kappa shape index (κ1) is 16.1. The Bertz CT molecular complexity index is 587. The van der Waals surface area contributed by atoms with Crippen LogP contribution < -0.4 is 5.32 Å². The minimum absolute atomic E-state index is 0.328. The molecule has 1 unspecified atom stereocenters. The molecule has 2 aromatic rings. The molecule has 0 spiro atoms. The average molecular weight is 306 g/mol. The highest BCUT2D eigenvalue weighted by atomic mass is 35.5. The molecule has 0 aliphatic rings. The molecule has 0 radical (unpaired) electrons. The highest BCUT2D eigenvalue weighted by Crippen LogP contribution is 2.24. The van der Waals surface area contributed by atoms with Crippen molar-refractivity contribution in [3.63, 3.8) is 0 Å². The number of aromatic nitrogens is 2. The molecule has 0 fully saturated rings. The van der Waals surface area contributed by atoms with Gasteiger partial charge in [0.2, 0.25) is 0 Å². The Morgan fingerprint density at radius 3 is 2.38 bits per heavy atom. The van der Waals surface area contributed by atoms with Gasteiger partial charge in [0.05, 0.1) is 12.2 Å². The predicted molar refractivity (Wildman–Crippen MR) is 89.0 cm³/mol. The monoisotopic (exact) mass is 305 g/mol. The molecule has 1 aromatic carbocycles. The highest BCUT2D eigenvalue weighted by molar-refractivity contribution is 6.30. The van der Waals surface area contributed by atoms with Crippen LogP contribution in [0.25, 0.3) is 0 Å². The van der Waals surface area contributed by atoms with E-state index in [1.54, 1.807) is 0 Å². The summed E-state index contributed by atoms with van der Waals surface area (Å²) in [6.07, 6.45) is 1.95. The van der Waals surface area contributed by atoms with Crippen molar-refractivity contribution >= 4 is 11.6 Å². The summed E-state index contributed by atoms with van der Waals surface area (Å²) >= 11 is 5.95. The topological polar surface area (TPSA) is 29.9 Å². The number of hydrogen-bond acceptors (Lipinski definition) is 2. The average Bonchev–Trinajstić information content (AvgIpc) is 2.86. The third-order valence-electron chi connectivity index (χ3n) is 3.96. The van der Waals surface area contributed by atoms with Crippen LogP contribution in [-0.2, 0) is 19.4 Å². The van der Waals surface area contributed by atoms with Gasteiger partial charge in [-0.05, 0) is 44.5 Å². The molecule has 0 aliphatic heterocycles. The zero-order chi connectivity index (χ0) is 15.4. The summed E-state index contributed by atoms with van der Waals surface area (Å²) in [5.41, 5.74) is 5.10. The van der Waals surface area contributed by atoms with E-state index in [2.05, 4.69) is 42.9 Å². The molecular formula is C17H24ClN3. The van der Waals surface area contributed by atoms with Gasteiger partial charge in [-0.25, -0.2) is 0 Å². The molecule has 0 saturated heterocycles. The van der Waals surface area contributed by atoms with Gasteiger partial charge >= 0.3 is 0 Å². The third-order valence-corrected chi connectivity index (χ3v) is 4.21. The summed E-state index contributed by atoms with van der Waals surface area (Å²) in [7, 11) is 2.00. The van der Waals surface area contributed by atoms with Crippen LogP contribution in [-0.4, -0.2) is 16.8 Å². The van der Waals surface area contributed by atoms with Crippen LogP contribution in [0.5, 0.6) is 0 Å². The van der Waals surface area contributed by atoms with Crippen LogP contribution in [0.1, 0.15) is 49.3 Å². The van der Waals surface area contributed by atoms with E-state index >= 15 is 0 Å². The molecule has 4 heteroatoms. The van der Waals surface area contributed by atoms with Gasteiger partial charge in [0.1, 0.15) is 0 Å². The minimum atomic E-state index is 0.328. The molecule has 21 heavy (non-hydrogen) atoms. The fourth-order valence-corrected chi connectivity index (χ4v) is 2.86. The van der Waals surface area contributed by atoms with Crippen molar-refractivity contribution in [1.82, 2.24) is 15.1 Å². The molecule has 0 bridgehead atoms. The lowest BCUT2D eigenvalue weighted by Crippen LogP contribution is -2.15. The lowest BCUT2D eigenvalue weighted by molar-refractivity contribution is 0.620. The second kappa shape index (κ2) is 7.10. The van der Waals surface area contributed by atoms with Gasteiger partial charge in [-0.2, -0.15) is 5.10 Å². The molecule has 0 amide bonds. The summed E-state index contributed by atoms with van der Waals surface area (Å²) in [5, 5.41) is 8.95. The molecular weight excluding hydrogens is 282 g/mol. The first-order chi connectivity index (χ1) is 10.1. The van der Waals surface area contributed by atoms with Crippen LogP contribution in [0.4, 0.5) is 0 Å². The Morgan fingerprint density at radius 1 is 1.19 bits per heavy atom. The number of benzene rings is 1. The molecule has 114 valence electrons. The Hall–Kier alpha value is -1.32. The van der Waals surface area contributed by atoms with Crippen molar-refractivity contribution < 1.29 is 0 Å². The standard InChI is InChI=1S/C17H24ClN3/c1-5-15-17(12(3)19-4)16(6-2)21(20-15)11-13-7-9-14(18)10-8-13/h7-10,12,19H,5-6,11H2,1-4H3. The van der Waals surface area contributed by atoms with E-state index in [1.165, 1.54) is 22.5 Å². The van der Waals surface area contributed by atoms with E-state index in [0.717, 1.165) is 24.4 Å². The van der Waals surface area contributed by atoms with Crippen molar-refractivity contribution in [2.45, 2.75) is 46.2 Å². The second-order valence-electron chi connectivity index (χ2n) is 5.31. The molecule has 0 aliphatic carbocycles. The number of aryl methyl sites for hydroxylation is 1. The van der Waals surface area contributed by atoms with Crippen LogP contribution in [0, 0.1) is 0 Å². The molecule has 1 N–H and O–H groups in total. The summed E-state index contributed by atoms with van der Waals surface area (Å²) < 4.78 is 2.14. The van der Waals surface area contributed by atoms with Crippen molar-refractivity contribution in [3.8, 4) is 0 Å². The smallest absolute Gasteiger partial charge is 0.0672 e. The van der Waals surface area contributed by atoms with Crippen LogP contribution in [0.3, 0.4) is 0 Å². The predicted octanol–water partition coefficient (Wildman–Crippen LogP) is 3.99. The molecule has 0 saturated carbocycles. The maximum absolute atomic E-state index is 5.95. The van der Waals surface area contributed by atoms with E-state index in [1.807, 2.05) is 19.2 Å². The normalized spacial score (nSPS) is 12.6. The van der Waals surface area contributed by atoms with Crippen LogP contribution in [0.15, 0.2) is 24.3 Å². The first-order valence-corrected chi connectivity index (χ1v) is 7.98. The lowest BCUT2D eigenvalue weighted by atomic mass is 10.0. The summed E-state index contributed by atoms with van der Waals surface area (Å²) in [5.74, 6) is 0. The largest absolute Gasteiger partial charge is 0.313 e. The van der Waals surface area contributed by atoms with E-state index < -0.39 is 0 Å². The summed E-state index contributed by atoms with van der Waals surface area (Å²) in [4.78, 5) is 0. The summed E-state index contributed by atoms with van der Waals surface area (Å²) in [6.45, 7) is 7.35. The maximum Gasteiger partial charge on any atom is 0.0672 e. The van der Waals surface area contributed by atoms with Crippen molar-refractivity contribution in [2.24, 2.45) is 0 Å². The van der Waals surface area contributed by atoms with Gasteiger partial charge in [-0.15, -0.1) is 0 Å². The Balaban J connectivity index is 2.39. The molecule has 3 nitrogen and oxygen atoms in total. The second-order valence-corrected chi connectivity index (χ2v) is 5.75. The number of rotatable bonds is 6. The van der Waals surface area contributed by atoms with Gasteiger partial charge in [-0.3, -0.25) is 4.68 Å². The van der Waals surface area contributed by atoms with Crippen molar-refractivity contribution in [2.75, 3.05) is 7.05 Å². The van der Waals surface area contributed by atoms with E-state index in [0.29, 0.717) is 6.04 Å². The van der Waals surface area contributed by atoms with Crippen molar-refractivity contribution in [1.29, 1.82) is 0 Å². The molecule has 1 heterocycles. The zero-order valence-corrected chi connectivity index (χ0v) is 14.0. The van der Waals surface area contributed by atoms with Gasteiger partial charge in [0.15, 0.2) is 0 Å². The van der Waals surface area contributed by atoms with E-state index in [4.69, 9.17) is 16.7 Å². The molecule has 1 aromatic heterocycles. The number of nitrogens with zero attached hydrogens (tertiary/aromatic N) is 2. The lowest BCUT2D eigenvalue weighted by Gasteiger charge is -2.13. The third kappa shape index (κ3) is 3.47. The minimum Gasteiger partial charge on any atom is -0.313 e. The Kier molecular flexibility index (Phi) is 5.43. The fraction of sp³-hybridized carbons (Fsp3) is 0.471. The Morgan fingerprint density at radius 2 is 1.86 bits per heavy atom. The molecule has 2 rings (SSSR count). The van der Waals surface area contributed by atoms with Gasteiger partial charge in [0, 0.05) is 22.3 Å². The zero-order valence-electron chi connectivity index (χ0n) is 13.3. The van der Waals surface area contributed by atoms with Crippen LogP contribution >= 0.6 is 11.6 Å². The van der Waals surface area contributed by atoms with Gasteiger partial charge in [-0.1, -0.05) is 37.6 Å². The number of hydrogen-bond donors (Lipinski definition) is 1. The van der Waals surface area contributed by atoms with Crippen LogP contribution in [0.2, 0.25) is 5.02 Å².